The van der Waals surface area contributed by atoms with Gasteiger partial charge in [-0.25, -0.2) is 4.40 Å². The van der Waals surface area contributed by atoms with E-state index in [1.807, 2.05) is 6.07 Å². The molecule has 0 aliphatic rings. The van der Waals surface area contributed by atoms with Crippen molar-refractivity contribution in [1.29, 1.82) is 0 Å². The van der Waals surface area contributed by atoms with Crippen LogP contribution in [-0.4, -0.2) is 28.7 Å². The smallest absolute Gasteiger partial charge is 0.378 e. The molecule has 0 bridgehead atoms. The second-order valence-electron chi connectivity index (χ2n) is 4.70. The molecule has 0 saturated heterocycles. The zero-order valence-corrected chi connectivity index (χ0v) is 14.9. The topological polar surface area (TPSA) is 115 Å². The normalized spacial score (nSPS) is 12.2. The van der Waals surface area contributed by atoms with Gasteiger partial charge in [-0.1, -0.05) is 18.2 Å². The molecule has 11 heteroatoms. The van der Waals surface area contributed by atoms with E-state index in [9.17, 15) is 14.5 Å². The molecule has 3 rings (SSSR count). The van der Waals surface area contributed by atoms with Gasteiger partial charge in [0.1, 0.15) is 0 Å². The molecule has 0 aliphatic heterocycles. The first-order valence-electron chi connectivity index (χ1n) is 6.92. The largest absolute Gasteiger partial charge is 0.491 e. The van der Waals surface area contributed by atoms with Crippen molar-refractivity contribution in [3.63, 3.8) is 0 Å². The summed E-state index contributed by atoms with van der Waals surface area (Å²) in [4.78, 5) is 16.7. The van der Waals surface area contributed by atoms with Gasteiger partial charge in [0.25, 0.3) is 5.56 Å². The molecule has 0 atom stereocenters. The molecule has 130 valence electrons. The molecule has 1 aromatic carbocycles. The Bertz CT molecular complexity index is 1040. The lowest BCUT2D eigenvalue weighted by molar-refractivity contribution is 0.286. The summed E-state index contributed by atoms with van der Waals surface area (Å²) in [6.07, 6.45) is 0. The molecule has 3 aromatic rings. The molecule has 1 N–H and O–H groups in total. The minimum absolute atomic E-state index is 0.00570. The van der Waals surface area contributed by atoms with Crippen LogP contribution in [0.1, 0.15) is 0 Å². The monoisotopic (exact) mass is 380 g/mol. The number of aromatic hydroxyl groups is 1. The van der Waals surface area contributed by atoms with Crippen LogP contribution in [0.15, 0.2) is 50.7 Å². The molecule has 2 aromatic heterocycles. The van der Waals surface area contributed by atoms with E-state index in [2.05, 4.69) is 15.2 Å². The lowest BCUT2D eigenvalue weighted by Crippen LogP contribution is -2.25. The maximum absolute atomic E-state index is 12.7. The third kappa shape index (κ3) is 3.12. The van der Waals surface area contributed by atoms with Gasteiger partial charge in [0.2, 0.25) is 16.5 Å². The number of rotatable bonds is 5. The molecular weight excluding hydrogens is 367 g/mol. The fourth-order valence-corrected chi connectivity index (χ4v) is 4.50. The van der Waals surface area contributed by atoms with Crippen molar-refractivity contribution in [1.82, 2.24) is 9.38 Å². The van der Waals surface area contributed by atoms with Crippen molar-refractivity contribution in [3.8, 4) is 5.88 Å². The average molecular weight is 380 g/mol. The summed E-state index contributed by atoms with van der Waals surface area (Å²) in [5.41, 5.74) is -0.602. The van der Waals surface area contributed by atoms with Gasteiger partial charge < -0.3 is 14.2 Å². The van der Waals surface area contributed by atoms with Gasteiger partial charge in [0, 0.05) is 19.6 Å². The fourth-order valence-electron chi connectivity index (χ4n) is 2.06. The van der Waals surface area contributed by atoms with Crippen molar-refractivity contribution in [2.24, 2.45) is 10.2 Å². The number of hydrogen-bond acceptors (Lipinski definition) is 9. The van der Waals surface area contributed by atoms with Crippen molar-refractivity contribution in [2.45, 2.75) is 0 Å². The summed E-state index contributed by atoms with van der Waals surface area (Å²) in [5, 5.41) is 19.1. The maximum Gasteiger partial charge on any atom is 0.378 e. The quantitative estimate of drug-likeness (QED) is 0.537. The summed E-state index contributed by atoms with van der Waals surface area (Å²) in [5.74, 6) is -0.567. The summed E-state index contributed by atoms with van der Waals surface area (Å²) < 4.78 is 23.5. The number of aromatic nitrogens is 2. The molecule has 25 heavy (non-hydrogen) atoms. The van der Waals surface area contributed by atoms with Gasteiger partial charge >= 0.3 is 7.60 Å². The Morgan fingerprint density at radius 3 is 2.52 bits per heavy atom. The maximum atomic E-state index is 12.7. The lowest BCUT2D eigenvalue weighted by atomic mass is 10.3. The average Bonchev–Trinajstić information content (AvgIpc) is 3.06. The van der Waals surface area contributed by atoms with Gasteiger partial charge in [-0.3, -0.25) is 9.36 Å². The third-order valence-electron chi connectivity index (χ3n) is 3.29. The number of hydrogen-bond donors (Lipinski definition) is 1. The Morgan fingerprint density at radius 2 is 1.88 bits per heavy atom. The van der Waals surface area contributed by atoms with Gasteiger partial charge in [-0.05, 0) is 12.1 Å². The third-order valence-corrected chi connectivity index (χ3v) is 6.14. The molecule has 0 radical (unpaired) electrons. The van der Waals surface area contributed by atoms with Crippen LogP contribution in [0.2, 0.25) is 0 Å². The van der Waals surface area contributed by atoms with Crippen LogP contribution >= 0.6 is 18.9 Å². The van der Waals surface area contributed by atoms with Crippen molar-refractivity contribution in [3.05, 3.63) is 46.1 Å². The SMILES string of the molecule is COP(=O)(OC)c1csc2nc(O)c(N=Nc3ccccc3)c(=O)n12. The Hall–Kier alpha value is -2.39. The highest BCUT2D eigenvalue weighted by atomic mass is 32.1. The molecule has 0 aliphatic carbocycles. The Labute approximate surface area is 145 Å². The van der Waals surface area contributed by atoms with Crippen LogP contribution in [0.4, 0.5) is 11.4 Å². The second kappa shape index (κ2) is 6.85. The summed E-state index contributed by atoms with van der Waals surface area (Å²) in [6, 6.07) is 8.69. The van der Waals surface area contributed by atoms with E-state index in [1.54, 1.807) is 24.3 Å². The molecule has 2 heterocycles. The molecule has 0 fully saturated rings. The van der Waals surface area contributed by atoms with E-state index in [4.69, 9.17) is 9.05 Å². The van der Waals surface area contributed by atoms with Crippen molar-refractivity contribution < 1.29 is 18.7 Å². The van der Waals surface area contributed by atoms with Gasteiger partial charge in [0.05, 0.1) is 5.69 Å². The first-order chi connectivity index (χ1) is 12.0. The van der Waals surface area contributed by atoms with Gasteiger partial charge in [-0.2, -0.15) is 10.1 Å². The predicted octanol–water partition coefficient (Wildman–Crippen LogP) is 2.99. The Kier molecular flexibility index (Phi) is 4.78. The molecule has 0 spiro atoms. The number of nitrogens with zero attached hydrogens (tertiary/aromatic N) is 4. The first-order valence-corrected chi connectivity index (χ1v) is 9.34. The van der Waals surface area contributed by atoms with Crippen molar-refractivity contribution >= 4 is 40.7 Å². The van der Waals surface area contributed by atoms with E-state index < -0.39 is 19.0 Å². The molecular formula is C14H13N4O5PS. The van der Waals surface area contributed by atoms with Crippen LogP contribution in [0.25, 0.3) is 4.96 Å². The zero-order valence-electron chi connectivity index (χ0n) is 13.2. The number of thiazole rings is 1. The number of fused-ring (bicyclic) bond motifs is 1. The van der Waals surface area contributed by atoms with Crippen LogP contribution in [0, 0.1) is 0 Å². The molecule has 9 nitrogen and oxygen atoms in total. The highest BCUT2D eigenvalue weighted by molar-refractivity contribution is 7.62. The Balaban J connectivity index is 2.20. The minimum atomic E-state index is -3.69. The minimum Gasteiger partial charge on any atom is -0.491 e. The van der Waals surface area contributed by atoms with E-state index in [1.165, 1.54) is 19.6 Å². The predicted molar refractivity (Wildman–Crippen MR) is 92.9 cm³/mol. The van der Waals surface area contributed by atoms with Crippen LogP contribution < -0.4 is 11.0 Å². The highest BCUT2D eigenvalue weighted by Crippen LogP contribution is 2.45. The molecule has 0 unspecified atom stereocenters. The van der Waals surface area contributed by atoms with Crippen LogP contribution in [0.5, 0.6) is 5.88 Å². The summed E-state index contributed by atoms with van der Waals surface area (Å²) in [6.45, 7) is 0. The molecule has 0 saturated carbocycles. The van der Waals surface area contributed by atoms with Crippen molar-refractivity contribution in [2.75, 3.05) is 14.2 Å². The van der Waals surface area contributed by atoms with Crippen LogP contribution in [0.3, 0.4) is 0 Å². The highest BCUT2D eigenvalue weighted by Gasteiger charge is 2.31. The number of benzene rings is 1. The van der Waals surface area contributed by atoms with E-state index in [-0.39, 0.29) is 16.1 Å². The van der Waals surface area contributed by atoms with E-state index >= 15 is 0 Å². The Morgan fingerprint density at radius 1 is 1.20 bits per heavy atom. The van der Waals surface area contributed by atoms with Crippen LogP contribution in [-0.2, 0) is 13.6 Å². The summed E-state index contributed by atoms with van der Waals surface area (Å²) in [7, 11) is -1.27. The number of azo groups is 1. The van der Waals surface area contributed by atoms with Gasteiger partial charge in [0.15, 0.2) is 5.44 Å². The van der Waals surface area contributed by atoms with Gasteiger partial charge in [-0.15, -0.1) is 16.5 Å². The second-order valence-corrected chi connectivity index (χ2v) is 7.72. The van der Waals surface area contributed by atoms with E-state index in [0.717, 1.165) is 15.7 Å². The standard InChI is InChI=1S/C14H13N4O5PS/c1-22-24(21,23-2)10-8-25-14-15-12(19)11(13(20)18(10)14)17-16-9-6-4-3-5-7-9/h3-8,19H,1-2H3. The fraction of sp³-hybridized carbons (Fsp3) is 0.143. The lowest BCUT2D eigenvalue weighted by Gasteiger charge is -2.12. The van der Waals surface area contributed by atoms with E-state index in [0.29, 0.717) is 5.69 Å². The first kappa shape index (κ1) is 17.4. The zero-order chi connectivity index (χ0) is 18.0. The molecule has 0 amide bonds. The summed E-state index contributed by atoms with van der Waals surface area (Å²) >= 11 is 1.01.